The summed E-state index contributed by atoms with van der Waals surface area (Å²) in [5.41, 5.74) is 6.34. The molecule has 0 bridgehead atoms. The topological polar surface area (TPSA) is 102 Å². The number of benzene rings is 2. The van der Waals surface area contributed by atoms with Gasteiger partial charge in [0.25, 0.3) is 11.8 Å². The van der Waals surface area contributed by atoms with E-state index in [1.165, 1.54) is 45.4 Å². The van der Waals surface area contributed by atoms with E-state index in [1.54, 1.807) is 50.5 Å². The zero-order chi connectivity index (χ0) is 27.0. The average Bonchev–Trinajstić information content (AvgIpc) is 2.90. The second-order valence-corrected chi connectivity index (χ2v) is 8.31. The van der Waals surface area contributed by atoms with E-state index in [4.69, 9.17) is 43.4 Å². The molecule has 0 aliphatic carbocycles. The summed E-state index contributed by atoms with van der Waals surface area (Å²) < 4.78 is 21.2. The Hall–Kier alpha value is -3.64. The highest BCUT2D eigenvalue weighted by atomic mass is 32.1. The molecule has 0 aliphatic heterocycles. The molecule has 10 nitrogen and oxygen atoms in total. The molecule has 2 aromatic carbocycles. The normalized spacial score (nSPS) is 10.2. The number of carbonyl (C=O) groups excluding carboxylic acids is 2. The Morgan fingerprint density at radius 1 is 0.750 bits per heavy atom. The molecule has 0 aliphatic rings. The van der Waals surface area contributed by atoms with Crippen LogP contribution in [0.2, 0.25) is 0 Å². The Bertz CT molecular complexity index is 1070. The number of ether oxygens (including phenoxy) is 4. The molecular formula is C24H34N4O6S2. The lowest BCUT2D eigenvalue weighted by Gasteiger charge is -2.26. The van der Waals surface area contributed by atoms with Crippen molar-refractivity contribution in [3.05, 3.63) is 47.5 Å². The Morgan fingerprint density at radius 3 is 1.42 bits per heavy atom. The number of hydrogen-bond acceptors (Lipinski definition) is 8. The number of nitrogens with one attached hydrogen (secondary N) is 2. The third-order valence-electron chi connectivity index (χ3n) is 5.23. The van der Waals surface area contributed by atoms with E-state index in [1.807, 2.05) is 0 Å². The van der Waals surface area contributed by atoms with Crippen molar-refractivity contribution in [1.82, 2.24) is 20.9 Å². The second-order valence-electron chi connectivity index (χ2n) is 7.53. The standard InChI is InChI=1S/C24H30N4O6S2.2H2/c1-14(21(29)25-27(2)23(35)17-12-15(31-4)8-10-19(17)33-6)22(30)26-28(3)24(36)18-13-16(32-5)9-11-20(18)34-7;;/h8-14H,1-7H3,(H,25,29)(H,26,30);2*1H. The van der Waals surface area contributed by atoms with Crippen molar-refractivity contribution in [2.75, 3.05) is 42.5 Å². The number of hydrogen-bond donors (Lipinski definition) is 2. The van der Waals surface area contributed by atoms with E-state index in [9.17, 15) is 9.59 Å². The number of methoxy groups -OCH3 is 4. The summed E-state index contributed by atoms with van der Waals surface area (Å²) in [5.74, 6) is -0.0407. The molecule has 0 saturated heterocycles. The predicted molar refractivity (Wildman–Crippen MR) is 148 cm³/mol. The molecule has 2 aromatic rings. The lowest BCUT2D eigenvalue weighted by Crippen LogP contribution is -2.51. The summed E-state index contributed by atoms with van der Waals surface area (Å²) >= 11 is 11.0. The zero-order valence-electron chi connectivity index (χ0n) is 21.2. The van der Waals surface area contributed by atoms with Crippen molar-refractivity contribution in [1.29, 1.82) is 0 Å². The van der Waals surface area contributed by atoms with Crippen LogP contribution in [0.3, 0.4) is 0 Å². The summed E-state index contributed by atoms with van der Waals surface area (Å²) in [6.07, 6.45) is 0. The number of hydrazine groups is 2. The fraction of sp³-hybridized carbons (Fsp3) is 0.333. The van der Waals surface area contributed by atoms with Gasteiger partial charge in [0.15, 0.2) is 0 Å². The fourth-order valence-electron chi connectivity index (χ4n) is 3.07. The molecule has 0 spiro atoms. The molecule has 0 unspecified atom stereocenters. The minimum Gasteiger partial charge on any atom is -0.497 e. The number of carbonyl (C=O) groups is 2. The molecule has 198 valence electrons. The van der Waals surface area contributed by atoms with Crippen LogP contribution < -0.4 is 29.8 Å². The first kappa shape index (κ1) is 28.6. The third-order valence-corrected chi connectivity index (χ3v) is 6.21. The molecule has 2 N–H and O–H groups in total. The van der Waals surface area contributed by atoms with Crippen LogP contribution in [0, 0.1) is 5.92 Å². The van der Waals surface area contributed by atoms with Crippen LogP contribution in [0.15, 0.2) is 36.4 Å². The van der Waals surface area contributed by atoms with Crippen LogP contribution in [0.25, 0.3) is 0 Å². The van der Waals surface area contributed by atoms with Crippen molar-refractivity contribution < 1.29 is 31.4 Å². The molecular weight excluding hydrogens is 504 g/mol. The van der Waals surface area contributed by atoms with Crippen molar-refractivity contribution in [2.45, 2.75) is 6.92 Å². The van der Waals surface area contributed by atoms with E-state index in [0.717, 1.165) is 0 Å². The van der Waals surface area contributed by atoms with E-state index >= 15 is 0 Å². The minimum atomic E-state index is -1.07. The molecule has 2 amide bonds. The van der Waals surface area contributed by atoms with Crippen LogP contribution in [-0.2, 0) is 9.59 Å². The molecule has 2 rings (SSSR count). The van der Waals surface area contributed by atoms with Gasteiger partial charge in [0.1, 0.15) is 38.9 Å². The van der Waals surface area contributed by atoms with Crippen LogP contribution in [-0.4, -0.2) is 74.3 Å². The highest BCUT2D eigenvalue weighted by molar-refractivity contribution is 7.81. The molecule has 36 heavy (non-hydrogen) atoms. The van der Waals surface area contributed by atoms with E-state index in [-0.39, 0.29) is 12.8 Å². The summed E-state index contributed by atoms with van der Waals surface area (Å²) in [6, 6.07) is 10.3. The first-order valence-electron chi connectivity index (χ1n) is 10.7. The van der Waals surface area contributed by atoms with Gasteiger partial charge >= 0.3 is 0 Å². The minimum absolute atomic E-state index is 0. The summed E-state index contributed by atoms with van der Waals surface area (Å²) in [7, 11) is 9.24. The molecule has 0 atom stereocenters. The monoisotopic (exact) mass is 538 g/mol. The van der Waals surface area contributed by atoms with Crippen LogP contribution >= 0.6 is 24.4 Å². The SMILES string of the molecule is COc1ccc(OC)c(C(=S)N(C)NC(=O)C(C)C(=O)NN(C)C(=S)c2cc(OC)ccc2OC)c1.[HH].[HH]. The maximum atomic E-state index is 12.8. The Balaban J connectivity index is 0.00000684. The fourth-order valence-corrected chi connectivity index (χ4v) is 3.48. The molecule has 0 saturated carbocycles. The summed E-state index contributed by atoms with van der Waals surface area (Å²) in [4.78, 5) is 26.1. The van der Waals surface area contributed by atoms with Gasteiger partial charge < -0.3 is 18.9 Å². The van der Waals surface area contributed by atoms with E-state index in [2.05, 4.69) is 10.9 Å². The van der Waals surface area contributed by atoms with Gasteiger partial charge in [-0.3, -0.25) is 30.5 Å². The van der Waals surface area contributed by atoms with Crippen molar-refractivity contribution in [2.24, 2.45) is 5.92 Å². The predicted octanol–water partition coefficient (Wildman–Crippen LogP) is 2.83. The molecule has 12 heteroatoms. The largest absolute Gasteiger partial charge is 0.497 e. The lowest BCUT2D eigenvalue weighted by atomic mass is 10.1. The number of amides is 2. The van der Waals surface area contributed by atoms with E-state index < -0.39 is 17.7 Å². The molecule has 0 radical (unpaired) electrons. The maximum Gasteiger partial charge on any atom is 0.250 e. The average molecular weight is 539 g/mol. The van der Waals surface area contributed by atoms with Crippen LogP contribution in [0.1, 0.15) is 20.9 Å². The van der Waals surface area contributed by atoms with Crippen LogP contribution in [0.5, 0.6) is 23.0 Å². The number of rotatable bonds is 8. The number of thiocarbonyl (C=S) groups is 2. The highest BCUT2D eigenvalue weighted by Gasteiger charge is 2.26. The van der Waals surface area contributed by atoms with Gasteiger partial charge in [-0.05, 0) is 43.3 Å². The first-order valence-corrected chi connectivity index (χ1v) is 11.5. The van der Waals surface area contributed by atoms with Crippen LogP contribution in [0.4, 0.5) is 0 Å². The van der Waals surface area contributed by atoms with Gasteiger partial charge in [0, 0.05) is 16.9 Å². The first-order chi connectivity index (χ1) is 17.1. The van der Waals surface area contributed by atoms with Gasteiger partial charge in [0.2, 0.25) is 0 Å². The van der Waals surface area contributed by atoms with Crippen molar-refractivity contribution >= 4 is 46.2 Å². The highest BCUT2D eigenvalue weighted by Crippen LogP contribution is 2.26. The molecule has 0 heterocycles. The van der Waals surface area contributed by atoms with Gasteiger partial charge in [0.05, 0.1) is 39.6 Å². The lowest BCUT2D eigenvalue weighted by molar-refractivity contribution is -0.137. The number of nitrogens with zero attached hydrogens (tertiary/aromatic N) is 2. The Morgan fingerprint density at radius 2 is 1.11 bits per heavy atom. The van der Waals surface area contributed by atoms with Gasteiger partial charge in [-0.1, -0.05) is 24.4 Å². The quantitative estimate of drug-likeness (QED) is 0.296. The molecule has 0 aromatic heterocycles. The van der Waals surface area contributed by atoms with Gasteiger partial charge in [-0.15, -0.1) is 0 Å². The van der Waals surface area contributed by atoms with Gasteiger partial charge in [-0.2, -0.15) is 0 Å². The molecule has 0 fully saturated rings. The second kappa shape index (κ2) is 12.9. The Labute approximate surface area is 224 Å². The summed E-state index contributed by atoms with van der Waals surface area (Å²) in [5, 5.41) is 2.68. The van der Waals surface area contributed by atoms with Crippen molar-refractivity contribution in [3.63, 3.8) is 0 Å². The smallest absolute Gasteiger partial charge is 0.250 e. The van der Waals surface area contributed by atoms with Crippen molar-refractivity contribution in [3.8, 4) is 23.0 Å². The third kappa shape index (κ3) is 6.73. The summed E-state index contributed by atoms with van der Waals surface area (Å²) in [6.45, 7) is 1.47. The Kier molecular flexibility index (Phi) is 10.2. The maximum absolute atomic E-state index is 12.8. The zero-order valence-corrected chi connectivity index (χ0v) is 22.8. The van der Waals surface area contributed by atoms with Gasteiger partial charge in [-0.25, -0.2) is 0 Å². The van der Waals surface area contributed by atoms with E-state index in [0.29, 0.717) is 34.1 Å².